The van der Waals surface area contributed by atoms with E-state index >= 15 is 0 Å². The minimum atomic E-state index is 0.242. The number of hydrogen-bond donors (Lipinski definition) is 0. The van der Waals surface area contributed by atoms with E-state index in [9.17, 15) is 0 Å². The van der Waals surface area contributed by atoms with Gasteiger partial charge in [0.2, 0.25) is 0 Å². The van der Waals surface area contributed by atoms with Crippen LogP contribution in [0.5, 0.6) is 0 Å². The average molecular weight is 304 g/mol. The summed E-state index contributed by atoms with van der Waals surface area (Å²) >= 11 is 0. The van der Waals surface area contributed by atoms with E-state index in [1.807, 2.05) is 25.6 Å². The Morgan fingerprint density at radius 2 is 2.14 bits per heavy atom. The van der Waals surface area contributed by atoms with Crippen molar-refractivity contribution in [2.45, 2.75) is 46.5 Å². The predicted octanol–water partition coefficient (Wildman–Crippen LogP) is 1.43. The summed E-state index contributed by atoms with van der Waals surface area (Å²) in [5.74, 6) is 1.96. The van der Waals surface area contributed by atoms with Crippen LogP contribution in [0.2, 0.25) is 0 Å². The first-order valence-electron chi connectivity index (χ1n) is 7.83. The molecule has 1 aliphatic heterocycles. The Balaban J connectivity index is 1.75. The molecule has 22 heavy (non-hydrogen) atoms. The molecule has 2 aromatic heterocycles. The van der Waals surface area contributed by atoms with Gasteiger partial charge in [-0.2, -0.15) is 5.10 Å². The molecule has 3 rings (SSSR count). The number of aromatic nitrogens is 5. The summed E-state index contributed by atoms with van der Waals surface area (Å²) in [5, 5.41) is 13.1. The molecule has 7 heteroatoms. The Morgan fingerprint density at radius 3 is 2.82 bits per heavy atom. The summed E-state index contributed by atoms with van der Waals surface area (Å²) in [5.41, 5.74) is 2.29. The highest BCUT2D eigenvalue weighted by atomic mass is 16.5. The number of fused-ring (bicyclic) bond motifs is 1. The molecule has 120 valence electrons. The van der Waals surface area contributed by atoms with Crippen molar-refractivity contribution in [2.24, 2.45) is 7.05 Å². The van der Waals surface area contributed by atoms with E-state index in [2.05, 4.69) is 37.8 Å². The molecule has 3 heterocycles. The van der Waals surface area contributed by atoms with Gasteiger partial charge in [-0.3, -0.25) is 9.58 Å². The maximum atomic E-state index is 5.47. The minimum absolute atomic E-state index is 0.242. The molecule has 0 aliphatic carbocycles. The van der Waals surface area contributed by atoms with Gasteiger partial charge in [-0.25, -0.2) is 0 Å². The molecule has 0 bridgehead atoms. The topological polar surface area (TPSA) is 61.0 Å². The van der Waals surface area contributed by atoms with Gasteiger partial charge in [0, 0.05) is 33.3 Å². The van der Waals surface area contributed by atoms with Crippen LogP contribution < -0.4 is 0 Å². The van der Waals surface area contributed by atoms with Crippen molar-refractivity contribution in [1.82, 2.24) is 29.4 Å². The lowest BCUT2D eigenvalue weighted by atomic mass is 10.2. The molecule has 0 radical (unpaired) electrons. The lowest BCUT2D eigenvalue weighted by molar-refractivity contribution is 0.116. The van der Waals surface area contributed by atoms with Crippen molar-refractivity contribution >= 4 is 0 Å². The largest absolute Gasteiger partial charge is 0.374 e. The Hall–Kier alpha value is -1.73. The fourth-order valence-corrected chi connectivity index (χ4v) is 3.02. The molecular formula is C15H24N6O. The van der Waals surface area contributed by atoms with Crippen LogP contribution >= 0.6 is 0 Å². The number of hydrogen-bond acceptors (Lipinski definition) is 5. The molecule has 1 aliphatic rings. The third kappa shape index (κ3) is 2.78. The molecule has 7 nitrogen and oxygen atoms in total. The van der Waals surface area contributed by atoms with Crippen LogP contribution in [-0.2, 0) is 31.5 Å². The monoisotopic (exact) mass is 304 g/mol. The van der Waals surface area contributed by atoms with Crippen LogP contribution in [0.15, 0.2) is 6.07 Å². The average Bonchev–Trinajstić information content (AvgIpc) is 3.03. The van der Waals surface area contributed by atoms with Gasteiger partial charge in [0.15, 0.2) is 5.82 Å². The van der Waals surface area contributed by atoms with Crippen molar-refractivity contribution in [1.29, 1.82) is 0 Å². The normalized spacial score (nSPS) is 18.6. The van der Waals surface area contributed by atoms with Gasteiger partial charge in [0.1, 0.15) is 12.4 Å². The molecule has 0 fully saturated rings. The zero-order chi connectivity index (χ0) is 15.7. The van der Waals surface area contributed by atoms with Gasteiger partial charge in [0.25, 0.3) is 0 Å². The van der Waals surface area contributed by atoms with Crippen LogP contribution in [0.3, 0.4) is 0 Å². The van der Waals surface area contributed by atoms with Crippen LogP contribution in [0.4, 0.5) is 0 Å². The Morgan fingerprint density at radius 1 is 1.32 bits per heavy atom. The van der Waals surface area contributed by atoms with Crippen molar-refractivity contribution < 1.29 is 4.74 Å². The van der Waals surface area contributed by atoms with Crippen LogP contribution in [-0.4, -0.2) is 42.6 Å². The molecule has 0 N–H and O–H groups in total. The smallest absolute Gasteiger partial charge is 0.159 e. The summed E-state index contributed by atoms with van der Waals surface area (Å²) in [6.45, 7) is 10.2. The number of nitrogens with zero attached hydrogens (tertiary/aromatic N) is 6. The zero-order valence-electron chi connectivity index (χ0n) is 13.8. The quantitative estimate of drug-likeness (QED) is 0.836. The molecule has 2 aromatic rings. The minimum Gasteiger partial charge on any atom is -0.374 e. The second-order valence-corrected chi connectivity index (χ2v) is 5.81. The second kappa shape index (κ2) is 6.18. The molecule has 0 unspecified atom stereocenters. The summed E-state index contributed by atoms with van der Waals surface area (Å²) in [6.07, 6.45) is 0. The van der Waals surface area contributed by atoms with E-state index in [-0.39, 0.29) is 6.04 Å². The molecule has 0 saturated carbocycles. The predicted molar refractivity (Wildman–Crippen MR) is 82.1 cm³/mol. The summed E-state index contributed by atoms with van der Waals surface area (Å²) in [6, 6.07) is 2.39. The highest BCUT2D eigenvalue weighted by Crippen LogP contribution is 2.26. The third-order valence-corrected chi connectivity index (χ3v) is 4.29. The second-order valence-electron chi connectivity index (χ2n) is 5.81. The van der Waals surface area contributed by atoms with Crippen molar-refractivity contribution in [3.8, 4) is 0 Å². The van der Waals surface area contributed by atoms with Gasteiger partial charge < -0.3 is 9.30 Å². The van der Waals surface area contributed by atoms with Crippen molar-refractivity contribution in [2.75, 3.05) is 13.2 Å². The summed E-state index contributed by atoms with van der Waals surface area (Å²) in [4.78, 5) is 2.42. The Bertz CT molecular complexity index is 646. The van der Waals surface area contributed by atoms with Crippen LogP contribution in [0.1, 0.15) is 42.9 Å². The summed E-state index contributed by atoms with van der Waals surface area (Å²) < 4.78 is 9.63. The van der Waals surface area contributed by atoms with Crippen molar-refractivity contribution in [3.63, 3.8) is 0 Å². The number of aryl methyl sites for hydroxylation is 2. The maximum Gasteiger partial charge on any atom is 0.159 e. The maximum absolute atomic E-state index is 5.47. The van der Waals surface area contributed by atoms with Crippen LogP contribution in [0, 0.1) is 6.92 Å². The van der Waals surface area contributed by atoms with Gasteiger partial charge in [-0.05, 0) is 26.8 Å². The lowest BCUT2D eigenvalue weighted by Crippen LogP contribution is -2.37. The first kappa shape index (κ1) is 15.2. The molecule has 0 amide bonds. The number of ether oxygens (including phenoxy) is 1. The first-order chi connectivity index (χ1) is 10.6. The van der Waals surface area contributed by atoms with Gasteiger partial charge >= 0.3 is 0 Å². The van der Waals surface area contributed by atoms with Gasteiger partial charge in [-0.1, -0.05) is 0 Å². The van der Waals surface area contributed by atoms with E-state index in [4.69, 9.17) is 4.74 Å². The lowest BCUT2D eigenvalue weighted by Gasteiger charge is -2.33. The van der Waals surface area contributed by atoms with E-state index in [1.54, 1.807) is 0 Å². The van der Waals surface area contributed by atoms with E-state index < -0.39 is 0 Å². The van der Waals surface area contributed by atoms with Gasteiger partial charge in [0.05, 0.1) is 17.4 Å². The SMILES string of the molecule is CCOCc1nnc2n1CCN(Cc1cc(C)nn1C)[C@@H]2C. The third-order valence-electron chi connectivity index (χ3n) is 4.29. The molecular weight excluding hydrogens is 280 g/mol. The highest BCUT2D eigenvalue weighted by Gasteiger charge is 2.28. The molecule has 0 spiro atoms. The van der Waals surface area contributed by atoms with E-state index in [0.29, 0.717) is 13.2 Å². The first-order valence-corrected chi connectivity index (χ1v) is 7.83. The fraction of sp³-hybridized carbons (Fsp3) is 0.667. The Labute approximate surface area is 130 Å². The molecule has 0 saturated heterocycles. The fourth-order valence-electron chi connectivity index (χ4n) is 3.02. The highest BCUT2D eigenvalue weighted by molar-refractivity contribution is 5.10. The number of rotatable bonds is 5. The van der Waals surface area contributed by atoms with Crippen LogP contribution in [0.25, 0.3) is 0 Å². The van der Waals surface area contributed by atoms with Crippen molar-refractivity contribution in [3.05, 3.63) is 29.1 Å². The molecule has 0 aromatic carbocycles. The van der Waals surface area contributed by atoms with Gasteiger partial charge in [-0.15, -0.1) is 10.2 Å². The standard InChI is InChI=1S/C15H24N6O/c1-5-22-10-14-16-17-15-12(3)20(6-7-21(14)15)9-13-8-11(2)18-19(13)4/h8,12H,5-7,9-10H2,1-4H3/t12-/m1/s1. The molecule has 1 atom stereocenters. The Kier molecular flexibility index (Phi) is 4.26. The van der Waals surface area contributed by atoms with E-state index in [0.717, 1.165) is 37.0 Å². The summed E-state index contributed by atoms with van der Waals surface area (Å²) in [7, 11) is 2.00. The van der Waals surface area contributed by atoms with E-state index in [1.165, 1.54) is 5.69 Å². The zero-order valence-corrected chi connectivity index (χ0v) is 13.8.